The van der Waals surface area contributed by atoms with E-state index in [1.807, 2.05) is 6.07 Å². The van der Waals surface area contributed by atoms with Gasteiger partial charge >= 0.3 is 6.03 Å². The number of nitrogens with zero attached hydrogens (tertiary/aromatic N) is 3. The SMILES string of the molecule is N#CCCCN1C(=O)CN(CCCC2CC2)C1=O. The van der Waals surface area contributed by atoms with E-state index in [4.69, 9.17) is 5.26 Å². The van der Waals surface area contributed by atoms with E-state index in [2.05, 4.69) is 0 Å². The molecule has 3 amide bonds. The molecule has 5 nitrogen and oxygen atoms in total. The van der Waals surface area contributed by atoms with Crippen LogP contribution in [0.15, 0.2) is 0 Å². The Bertz CT molecular complexity index is 371. The normalized spacial score (nSPS) is 19.5. The van der Waals surface area contributed by atoms with Crippen molar-refractivity contribution in [2.75, 3.05) is 19.6 Å². The van der Waals surface area contributed by atoms with Crippen LogP contribution < -0.4 is 0 Å². The molecular weight excluding hydrogens is 230 g/mol. The van der Waals surface area contributed by atoms with Gasteiger partial charge in [-0.25, -0.2) is 4.79 Å². The standard InChI is InChI=1S/C13H19N3O2/c14-7-1-2-9-16-12(17)10-15(13(16)18)8-3-4-11-5-6-11/h11H,1-6,8-10H2. The topological polar surface area (TPSA) is 64.4 Å². The van der Waals surface area contributed by atoms with Crippen LogP contribution >= 0.6 is 0 Å². The molecule has 2 rings (SSSR count). The lowest BCUT2D eigenvalue weighted by molar-refractivity contribution is -0.125. The van der Waals surface area contributed by atoms with E-state index in [0.29, 0.717) is 25.9 Å². The van der Waals surface area contributed by atoms with Gasteiger partial charge in [-0.2, -0.15) is 5.26 Å². The van der Waals surface area contributed by atoms with Gasteiger partial charge in [-0.15, -0.1) is 0 Å². The lowest BCUT2D eigenvalue weighted by Gasteiger charge is -2.16. The van der Waals surface area contributed by atoms with Crippen LogP contribution in [0.3, 0.4) is 0 Å². The summed E-state index contributed by atoms with van der Waals surface area (Å²) in [7, 11) is 0. The Balaban J connectivity index is 1.74. The molecule has 1 aliphatic heterocycles. The van der Waals surface area contributed by atoms with Crippen molar-refractivity contribution in [1.29, 1.82) is 5.26 Å². The Kier molecular flexibility index (Phi) is 4.19. The number of unbranched alkanes of at least 4 members (excludes halogenated alkanes) is 1. The van der Waals surface area contributed by atoms with Crippen LogP contribution in [-0.2, 0) is 4.79 Å². The fourth-order valence-corrected chi connectivity index (χ4v) is 2.28. The Morgan fingerprint density at radius 3 is 2.67 bits per heavy atom. The summed E-state index contributed by atoms with van der Waals surface area (Å²) in [5.74, 6) is 0.745. The molecule has 0 bridgehead atoms. The molecule has 1 aliphatic carbocycles. The molecule has 98 valence electrons. The number of amides is 3. The van der Waals surface area contributed by atoms with Crippen molar-refractivity contribution in [3.05, 3.63) is 0 Å². The molecule has 1 heterocycles. The van der Waals surface area contributed by atoms with E-state index >= 15 is 0 Å². The number of imide groups is 1. The Hall–Kier alpha value is -1.57. The third-order valence-electron chi connectivity index (χ3n) is 3.54. The maximum Gasteiger partial charge on any atom is 0.327 e. The van der Waals surface area contributed by atoms with Crippen LogP contribution in [0, 0.1) is 17.2 Å². The van der Waals surface area contributed by atoms with E-state index in [1.54, 1.807) is 4.90 Å². The number of hydrogen-bond acceptors (Lipinski definition) is 3. The van der Waals surface area contributed by atoms with Crippen molar-refractivity contribution in [3.63, 3.8) is 0 Å². The summed E-state index contributed by atoms with van der Waals surface area (Å²) in [5.41, 5.74) is 0. The van der Waals surface area contributed by atoms with E-state index in [9.17, 15) is 9.59 Å². The molecule has 2 fully saturated rings. The molecular formula is C13H19N3O2. The Labute approximate surface area is 107 Å². The number of nitriles is 1. The Morgan fingerprint density at radius 1 is 1.22 bits per heavy atom. The van der Waals surface area contributed by atoms with E-state index in [1.165, 1.54) is 24.2 Å². The van der Waals surface area contributed by atoms with Gasteiger partial charge in [0, 0.05) is 19.5 Å². The van der Waals surface area contributed by atoms with Crippen molar-refractivity contribution in [2.45, 2.75) is 38.5 Å². The number of urea groups is 1. The Morgan fingerprint density at radius 2 is 2.00 bits per heavy atom. The molecule has 1 saturated carbocycles. The summed E-state index contributed by atoms with van der Waals surface area (Å²) in [5, 5.41) is 8.45. The van der Waals surface area contributed by atoms with Crippen LogP contribution in [0.25, 0.3) is 0 Å². The van der Waals surface area contributed by atoms with Crippen LogP contribution in [0.1, 0.15) is 38.5 Å². The first-order valence-corrected chi connectivity index (χ1v) is 6.68. The second-order valence-corrected chi connectivity index (χ2v) is 5.10. The molecule has 0 aromatic heterocycles. The van der Waals surface area contributed by atoms with Crippen LogP contribution in [0.2, 0.25) is 0 Å². The van der Waals surface area contributed by atoms with Crippen molar-refractivity contribution < 1.29 is 9.59 Å². The minimum atomic E-state index is -0.172. The zero-order valence-electron chi connectivity index (χ0n) is 10.6. The maximum atomic E-state index is 11.9. The molecule has 0 radical (unpaired) electrons. The highest BCUT2D eigenvalue weighted by Gasteiger charge is 2.35. The van der Waals surface area contributed by atoms with Gasteiger partial charge in [0.25, 0.3) is 0 Å². The first-order valence-electron chi connectivity index (χ1n) is 6.68. The third kappa shape index (κ3) is 3.22. The fraction of sp³-hybridized carbons (Fsp3) is 0.769. The van der Waals surface area contributed by atoms with Gasteiger partial charge in [-0.3, -0.25) is 9.69 Å². The molecule has 0 N–H and O–H groups in total. The maximum absolute atomic E-state index is 11.9. The molecule has 0 aromatic carbocycles. The summed E-state index contributed by atoms with van der Waals surface area (Å²) in [6.07, 6.45) is 5.78. The number of rotatable bonds is 7. The minimum absolute atomic E-state index is 0.121. The number of carbonyl (C=O) groups excluding carboxylic acids is 2. The fourth-order valence-electron chi connectivity index (χ4n) is 2.28. The third-order valence-corrected chi connectivity index (χ3v) is 3.54. The zero-order valence-corrected chi connectivity index (χ0v) is 10.6. The minimum Gasteiger partial charge on any atom is -0.315 e. The lowest BCUT2D eigenvalue weighted by Crippen LogP contribution is -2.34. The molecule has 0 aromatic rings. The van der Waals surface area contributed by atoms with E-state index < -0.39 is 0 Å². The van der Waals surface area contributed by atoms with Crippen LogP contribution in [0.4, 0.5) is 4.79 Å². The summed E-state index contributed by atoms with van der Waals surface area (Å²) < 4.78 is 0. The van der Waals surface area contributed by atoms with Gasteiger partial charge in [0.2, 0.25) is 5.91 Å². The summed E-state index contributed by atoms with van der Waals surface area (Å²) in [6, 6.07) is 1.85. The predicted octanol–water partition coefficient (Wildman–Crippen LogP) is 1.74. The average Bonchev–Trinajstić information content (AvgIpc) is 3.12. The second-order valence-electron chi connectivity index (χ2n) is 5.10. The summed E-state index contributed by atoms with van der Waals surface area (Å²) in [6.45, 7) is 1.29. The van der Waals surface area contributed by atoms with Gasteiger partial charge in [0.05, 0.1) is 6.07 Å². The molecule has 1 saturated heterocycles. The van der Waals surface area contributed by atoms with Crippen LogP contribution in [0.5, 0.6) is 0 Å². The summed E-state index contributed by atoms with van der Waals surface area (Å²) >= 11 is 0. The van der Waals surface area contributed by atoms with E-state index in [-0.39, 0.29) is 18.5 Å². The van der Waals surface area contributed by atoms with E-state index in [0.717, 1.165) is 12.3 Å². The van der Waals surface area contributed by atoms with Crippen molar-refractivity contribution in [1.82, 2.24) is 9.80 Å². The molecule has 0 spiro atoms. The smallest absolute Gasteiger partial charge is 0.315 e. The average molecular weight is 249 g/mol. The molecule has 0 unspecified atom stereocenters. The number of carbonyl (C=O) groups is 2. The first-order chi connectivity index (χ1) is 8.72. The molecule has 18 heavy (non-hydrogen) atoms. The molecule has 5 heteroatoms. The van der Waals surface area contributed by atoms with Gasteiger partial charge in [0.15, 0.2) is 0 Å². The number of hydrogen-bond donors (Lipinski definition) is 0. The first kappa shape index (κ1) is 12.9. The second kappa shape index (κ2) is 5.85. The predicted molar refractivity (Wildman–Crippen MR) is 65.5 cm³/mol. The van der Waals surface area contributed by atoms with Gasteiger partial charge < -0.3 is 4.90 Å². The van der Waals surface area contributed by atoms with Crippen LogP contribution in [-0.4, -0.2) is 41.4 Å². The lowest BCUT2D eigenvalue weighted by atomic mass is 10.2. The highest BCUT2D eigenvalue weighted by molar-refractivity contribution is 6.01. The largest absolute Gasteiger partial charge is 0.327 e. The highest BCUT2D eigenvalue weighted by Crippen LogP contribution is 2.33. The summed E-state index contributed by atoms with van der Waals surface area (Å²) in [4.78, 5) is 26.6. The van der Waals surface area contributed by atoms with Crippen molar-refractivity contribution in [2.24, 2.45) is 5.92 Å². The zero-order chi connectivity index (χ0) is 13.0. The van der Waals surface area contributed by atoms with Gasteiger partial charge in [-0.05, 0) is 25.2 Å². The van der Waals surface area contributed by atoms with Crippen molar-refractivity contribution in [3.8, 4) is 6.07 Å². The van der Waals surface area contributed by atoms with Crippen molar-refractivity contribution >= 4 is 11.9 Å². The monoisotopic (exact) mass is 249 g/mol. The molecule has 0 atom stereocenters. The quantitative estimate of drug-likeness (QED) is 0.510. The van der Waals surface area contributed by atoms with Gasteiger partial charge in [0.1, 0.15) is 6.54 Å². The highest BCUT2D eigenvalue weighted by atomic mass is 16.2. The van der Waals surface area contributed by atoms with Gasteiger partial charge in [-0.1, -0.05) is 12.8 Å². The molecule has 2 aliphatic rings.